The van der Waals surface area contributed by atoms with Gasteiger partial charge in [0.05, 0.1) is 10.7 Å². The SMILES string of the molecule is NC(=O)c1ccc(Cl)c(NC(=O)c2ccc(Br)cc2)c1. The van der Waals surface area contributed by atoms with Crippen LogP contribution in [-0.4, -0.2) is 11.8 Å². The molecule has 2 rings (SSSR count). The summed E-state index contributed by atoms with van der Waals surface area (Å²) in [5.74, 6) is -0.901. The largest absolute Gasteiger partial charge is 0.366 e. The molecule has 2 aromatic rings. The molecule has 20 heavy (non-hydrogen) atoms. The van der Waals surface area contributed by atoms with Crippen molar-refractivity contribution in [1.29, 1.82) is 0 Å². The molecular formula is C14H10BrClN2O2. The van der Waals surface area contributed by atoms with Crippen LogP contribution in [0.15, 0.2) is 46.9 Å². The van der Waals surface area contributed by atoms with Crippen molar-refractivity contribution in [3.63, 3.8) is 0 Å². The summed E-state index contributed by atoms with van der Waals surface area (Å²) in [6.07, 6.45) is 0. The highest BCUT2D eigenvalue weighted by Crippen LogP contribution is 2.23. The molecule has 0 heterocycles. The molecule has 0 aliphatic heterocycles. The van der Waals surface area contributed by atoms with Crippen molar-refractivity contribution in [1.82, 2.24) is 0 Å². The minimum atomic E-state index is -0.583. The second-order valence-corrected chi connectivity index (χ2v) is 5.34. The van der Waals surface area contributed by atoms with Crippen LogP contribution in [0.5, 0.6) is 0 Å². The number of anilines is 1. The van der Waals surface area contributed by atoms with E-state index in [4.69, 9.17) is 17.3 Å². The highest BCUT2D eigenvalue weighted by Gasteiger charge is 2.10. The second kappa shape index (κ2) is 6.07. The van der Waals surface area contributed by atoms with E-state index in [1.807, 2.05) is 0 Å². The molecule has 4 nitrogen and oxygen atoms in total. The quantitative estimate of drug-likeness (QED) is 0.887. The summed E-state index contributed by atoms with van der Waals surface area (Å²) >= 11 is 9.28. The van der Waals surface area contributed by atoms with E-state index in [9.17, 15) is 9.59 Å². The first-order valence-electron chi connectivity index (χ1n) is 5.63. The second-order valence-electron chi connectivity index (χ2n) is 4.02. The Morgan fingerprint density at radius 3 is 2.25 bits per heavy atom. The Morgan fingerprint density at radius 1 is 1.05 bits per heavy atom. The number of hydrogen-bond donors (Lipinski definition) is 2. The van der Waals surface area contributed by atoms with Gasteiger partial charge >= 0.3 is 0 Å². The van der Waals surface area contributed by atoms with Gasteiger partial charge in [0.1, 0.15) is 0 Å². The fourth-order valence-corrected chi connectivity index (χ4v) is 2.00. The lowest BCUT2D eigenvalue weighted by Gasteiger charge is -2.08. The predicted octanol–water partition coefficient (Wildman–Crippen LogP) is 3.45. The fourth-order valence-electron chi connectivity index (χ4n) is 1.57. The molecule has 0 aliphatic rings. The van der Waals surface area contributed by atoms with Crippen LogP contribution in [0.1, 0.15) is 20.7 Å². The Kier molecular flexibility index (Phi) is 4.42. The molecule has 0 saturated carbocycles. The number of rotatable bonds is 3. The van der Waals surface area contributed by atoms with Crippen LogP contribution >= 0.6 is 27.5 Å². The Morgan fingerprint density at radius 2 is 1.65 bits per heavy atom. The van der Waals surface area contributed by atoms with Gasteiger partial charge in [-0.3, -0.25) is 9.59 Å². The Balaban J connectivity index is 2.25. The van der Waals surface area contributed by atoms with Gasteiger partial charge in [-0.15, -0.1) is 0 Å². The standard InChI is InChI=1S/C14H10BrClN2O2/c15-10-4-1-8(2-5-10)14(20)18-12-7-9(13(17)19)3-6-11(12)16/h1-7H,(H2,17,19)(H,18,20). The smallest absolute Gasteiger partial charge is 0.255 e. The highest BCUT2D eigenvalue weighted by atomic mass is 79.9. The predicted molar refractivity (Wildman–Crippen MR) is 82.1 cm³/mol. The molecule has 0 aromatic heterocycles. The van der Waals surface area contributed by atoms with Crippen molar-refractivity contribution in [3.05, 3.63) is 63.1 Å². The van der Waals surface area contributed by atoms with Gasteiger partial charge in [0.25, 0.3) is 5.91 Å². The number of amides is 2. The lowest BCUT2D eigenvalue weighted by atomic mass is 10.1. The number of nitrogens with one attached hydrogen (secondary N) is 1. The summed E-state index contributed by atoms with van der Waals surface area (Å²) in [7, 11) is 0. The molecule has 2 amide bonds. The van der Waals surface area contributed by atoms with Crippen LogP contribution in [0, 0.1) is 0 Å². The van der Waals surface area contributed by atoms with Gasteiger partial charge in [0.15, 0.2) is 0 Å². The van der Waals surface area contributed by atoms with Crippen molar-refractivity contribution >= 4 is 45.0 Å². The molecule has 2 aromatic carbocycles. The number of carbonyl (C=O) groups excluding carboxylic acids is 2. The summed E-state index contributed by atoms with van der Waals surface area (Å²) in [5, 5.41) is 2.98. The Hall–Kier alpha value is -1.85. The zero-order valence-electron chi connectivity index (χ0n) is 10.2. The maximum atomic E-state index is 12.1. The number of benzene rings is 2. The van der Waals surface area contributed by atoms with Gasteiger partial charge in [-0.2, -0.15) is 0 Å². The zero-order valence-corrected chi connectivity index (χ0v) is 12.5. The summed E-state index contributed by atoms with van der Waals surface area (Å²) in [4.78, 5) is 23.2. The number of carbonyl (C=O) groups is 2. The molecular weight excluding hydrogens is 344 g/mol. The zero-order chi connectivity index (χ0) is 14.7. The molecule has 3 N–H and O–H groups in total. The molecule has 0 atom stereocenters. The van der Waals surface area contributed by atoms with Gasteiger partial charge in [-0.05, 0) is 42.5 Å². The van der Waals surface area contributed by atoms with Crippen molar-refractivity contribution in [3.8, 4) is 0 Å². The molecule has 0 radical (unpaired) electrons. The average molecular weight is 354 g/mol. The van der Waals surface area contributed by atoms with E-state index in [0.29, 0.717) is 16.3 Å². The van der Waals surface area contributed by atoms with Gasteiger partial charge in [-0.1, -0.05) is 27.5 Å². The molecule has 0 fully saturated rings. The van der Waals surface area contributed by atoms with Crippen LogP contribution < -0.4 is 11.1 Å². The maximum Gasteiger partial charge on any atom is 0.255 e. The minimum absolute atomic E-state index is 0.278. The van der Waals surface area contributed by atoms with Crippen LogP contribution in [-0.2, 0) is 0 Å². The van der Waals surface area contributed by atoms with Crippen molar-refractivity contribution in [2.45, 2.75) is 0 Å². The van der Waals surface area contributed by atoms with Crippen LogP contribution in [0.25, 0.3) is 0 Å². The maximum absolute atomic E-state index is 12.1. The topological polar surface area (TPSA) is 72.2 Å². The molecule has 0 bridgehead atoms. The van der Waals surface area contributed by atoms with Crippen LogP contribution in [0.3, 0.4) is 0 Å². The summed E-state index contributed by atoms with van der Waals surface area (Å²) in [6.45, 7) is 0. The first kappa shape index (κ1) is 14.6. The monoisotopic (exact) mass is 352 g/mol. The summed E-state index contributed by atoms with van der Waals surface area (Å²) < 4.78 is 0.878. The van der Waals surface area contributed by atoms with E-state index in [-0.39, 0.29) is 11.5 Å². The van der Waals surface area contributed by atoms with Crippen LogP contribution in [0.4, 0.5) is 5.69 Å². The van der Waals surface area contributed by atoms with Crippen molar-refractivity contribution < 1.29 is 9.59 Å². The Bertz CT molecular complexity index is 671. The number of primary amides is 1. The first-order chi connectivity index (χ1) is 9.47. The van der Waals surface area contributed by atoms with Crippen molar-refractivity contribution in [2.24, 2.45) is 5.73 Å². The van der Waals surface area contributed by atoms with Gasteiger partial charge in [0, 0.05) is 15.6 Å². The molecule has 0 saturated heterocycles. The summed E-state index contributed by atoms with van der Waals surface area (Å²) in [6, 6.07) is 11.3. The third kappa shape index (κ3) is 3.37. The molecule has 0 aliphatic carbocycles. The van der Waals surface area contributed by atoms with Crippen molar-refractivity contribution in [2.75, 3.05) is 5.32 Å². The number of hydrogen-bond acceptors (Lipinski definition) is 2. The van der Waals surface area contributed by atoms with Gasteiger partial charge < -0.3 is 11.1 Å². The highest BCUT2D eigenvalue weighted by molar-refractivity contribution is 9.10. The van der Waals surface area contributed by atoms with Gasteiger partial charge in [0.2, 0.25) is 5.91 Å². The number of halogens is 2. The molecule has 102 valence electrons. The van der Waals surface area contributed by atoms with E-state index in [0.717, 1.165) is 4.47 Å². The first-order valence-corrected chi connectivity index (χ1v) is 6.81. The van der Waals surface area contributed by atoms with E-state index in [2.05, 4.69) is 21.2 Å². The average Bonchev–Trinajstić information content (AvgIpc) is 2.41. The Labute approximate surface area is 129 Å². The lowest BCUT2D eigenvalue weighted by molar-refractivity contribution is 0.0996. The molecule has 6 heteroatoms. The third-order valence-electron chi connectivity index (χ3n) is 2.61. The van der Waals surface area contributed by atoms with Crippen LogP contribution in [0.2, 0.25) is 5.02 Å². The minimum Gasteiger partial charge on any atom is -0.366 e. The fraction of sp³-hybridized carbons (Fsp3) is 0. The van der Waals surface area contributed by atoms with E-state index in [1.165, 1.54) is 18.2 Å². The van der Waals surface area contributed by atoms with Gasteiger partial charge in [-0.25, -0.2) is 0 Å². The summed E-state index contributed by atoms with van der Waals surface area (Å²) in [5.41, 5.74) is 6.29. The molecule has 0 unspecified atom stereocenters. The number of nitrogens with two attached hydrogens (primary N) is 1. The van der Waals surface area contributed by atoms with E-state index >= 15 is 0 Å². The van der Waals surface area contributed by atoms with E-state index < -0.39 is 5.91 Å². The third-order valence-corrected chi connectivity index (χ3v) is 3.46. The lowest BCUT2D eigenvalue weighted by Crippen LogP contribution is -2.14. The van der Waals surface area contributed by atoms with E-state index in [1.54, 1.807) is 24.3 Å². The molecule has 0 spiro atoms. The normalized spacial score (nSPS) is 10.1.